The zero-order valence-electron chi connectivity index (χ0n) is 10.3. The molecular formula is C14H14N2OS. The van der Waals surface area contributed by atoms with Crippen LogP contribution in [0.1, 0.15) is 15.9 Å². The van der Waals surface area contributed by atoms with E-state index in [9.17, 15) is 4.79 Å². The molecule has 2 aromatic rings. The van der Waals surface area contributed by atoms with E-state index in [1.54, 1.807) is 42.0 Å². The first-order valence-electron chi connectivity index (χ1n) is 5.54. The predicted molar refractivity (Wildman–Crippen MR) is 74.8 cm³/mol. The minimum absolute atomic E-state index is 0.0305. The van der Waals surface area contributed by atoms with Crippen molar-refractivity contribution in [3.05, 3.63) is 53.9 Å². The maximum Gasteiger partial charge on any atom is 0.189 e. The zero-order valence-corrected chi connectivity index (χ0v) is 11.1. The van der Waals surface area contributed by atoms with Gasteiger partial charge in [0.1, 0.15) is 0 Å². The van der Waals surface area contributed by atoms with Crippen molar-refractivity contribution in [1.29, 1.82) is 0 Å². The fraction of sp³-hybridized carbons (Fsp3) is 0.143. The predicted octanol–water partition coefficient (Wildman–Crippen LogP) is 3.04. The number of thioether (sulfide) groups is 1. The molecular weight excluding hydrogens is 244 g/mol. The molecule has 92 valence electrons. The molecule has 1 heterocycles. The molecule has 2 rings (SSSR count). The molecule has 1 aromatic carbocycles. The monoisotopic (exact) mass is 258 g/mol. The lowest BCUT2D eigenvalue weighted by atomic mass is 10.1. The molecule has 0 unspecified atom stereocenters. The molecule has 18 heavy (non-hydrogen) atoms. The van der Waals surface area contributed by atoms with Gasteiger partial charge in [-0.15, -0.1) is 11.8 Å². The third kappa shape index (κ3) is 3.11. The lowest BCUT2D eigenvalue weighted by Crippen LogP contribution is -1.91. The van der Waals surface area contributed by atoms with Gasteiger partial charge in [-0.05, 0) is 30.0 Å². The second-order valence-electron chi connectivity index (χ2n) is 3.87. The van der Waals surface area contributed by atoms with Crippen LogP contribution in [-0.4, -0.2) is 21.8 Å². The molecule has 3 nitrogen and oxygen atoms in total. The molecule has 0 aliphatic rings. The number of hydrogen-bond donors (Lipinski definition) is 0. The highest BCUT2D eigenvalue weighted by molar-refractivity contribution is 7.98. The average molecular weight is 258 g/mol. The maximum absolute atomic E-state index is 11.8. The lowest BCUT2D eigenvalue weighted by molar-refractivity contribution is 0.104. The molecule has 0 aliphatic carbocycles. The van der Waals surface area contributed by atoms with E-state index < -0.39 is 0 Å². The summed E-state index contributed by atoms with van der Waals surface area (Å²) in [6, 6.07) is 8.08. The minimum Gasteiger partial charge on any atom is -0.289 e. The highest BCUT2D eigenvalue weighted by atomic mass is 32.2. The average Bonchev–Trinajstić information content (AvgIpc) is 2.83. The number of benzene rings is 1. The summed E-state index contributed by atoms with van der Waals surface area (Å²) >= 11 is 1.70. The van der Waals surface area contributed by atoms with Gasteiger partial charge in [-0.25, -0.2) is 0 Å². The van der Waals surface area contributed by atoms with E-state index in [-0.39, 0.29) is 5.78 Å². The van der Waals surface area contributed by atoms with Crippen LogP contribution >= 0.6 is 11.8 Å². The first kappa shape index (κ1) is 12.6. The van der Waals surface area contributed by atoms with Crippen LogP contribution in [0.3, 0.4) is 0 Å². The number of aryl methyl sites for hydroxylation is 1. The lowest BCUT2D eigenvalue weighted by Gasteiger charge is -1.96. The molecule has 0 spiro atoms. The summed E-state index contributed by atoms with van der Waals surface area (Å²) < 4.78 is 1.62. The van der Waals surface area contributed by atoms with Crippen molar-refractivity contribution >= 4 is 23.6 Å². The summed E-state index contributed by atoms with van der Waals surface area (Å²) in [4.78, 5) is 13.0. The Bertz CT molecular complexity index is 570. The molecule has 0 atom stereocenters. The Morgan fingerprint density at radius 1 is 1.33 bits per heavy atom. The third-order valence-electron chi connectivity index (χ3n) is 2.53. The van der Waals surface area contributed by atoms with Gasteiger partial charge >= 0.3 is 0 Å². The van der Waals surface area contributed by atoms with E-state index in [1.807, 2.05) is 36.6 Å². The number of nitrogens with zero attached hydrogens (tertiary/aromatic N) is 2. The van der Waals surface area contributed by atoms with Gasteiger partial charge in [-0.1, -0.05) is 18.2 Å². The molecule has 0 N–H and O–H groups in total. The minimum atomic E-state index is -0.0305. The first-order valence-corrected chi connectivity index (χ1v) is 6.76. The van der Waals surface area contributed by atoms with Gasteiger partial charge in [0.05, 0.1) is 11.8 Å². The van der Waals surface area contributed by atoms with Gasteiger partial charge in [-0.2, -0.15) is 5.10 Å². The van der Waals surface area contributed by atoms with Gasteiger partial charge < -0.3 is 0 Å². The molecule has 0 saturated heterocycles. The Labute approximate surface area is 111 Å². The maximum atomic E-state index is 11.8. The highest BCUT2D eigenvalue weighted by Gasteiger charge is 2.03. The Morgan fingerprint density at radius 2 is 2.06 bits per heavy atom. The standard InChI is InChI=1S/C14H14N2OS/c1-16-10-12(9-15-16)14(17)8-5-11-3-6-13(18-2)7-4-11/h3-10H,1-2H3/b8-5+. The number of rotatable bonds is 4. The van der Waals surface area contributed by atoms with E-state index in [4.69, 9.17) is 0 Å². The second-order valence-corrected chi connectivity index (χ2v) is 4.75. The van der Waals surface area contributed by atoms with Crippen LogP contribution < -0.4 is 0 Å². The van der Waals surface area contributed by atoms with E-state index in [1.165, 1.54) is 4.90 Å². The van der Waals surface area contributed by atoms with Gasteiger partial charge in [0.2, 0.25) is 0 Å². The van der Waals surface area contributed by atoms with Crippen LogP contribution in [0.2, 0.25) is 0 Å². The first-order chi connectivity index (χ1) is 8.69. The molecule has 0 fully saturated rings. The smallest absolute Gasteiger partial charge is 0.189 e. The Morgan fingerprint density at radius 3 is 2.61 bits per heavy atom. The zero-order chi connectivity index (χ0) is 13.0. The molecule has 0 saturated carbocycles. The van der Waals surface area contributed by atoms with Crippen molar-refractivity contribution in [3.8, 4) is 0 Å². The van der Waals surface area contributed by atoms with Crippen LogP contribution in [0.25, 0.3) is 6.08 Å². The Hall–Kier alpha value is -1.81. The van der Waals surface area contributed by atoms with E-state index in [0.29, 0.717) is 5.56 Å². The Balaban J connectivity index is 2.08. The van der Waals surface area contributed by atoms with Crippen LogP contribution in [0.4, 0.5) is 0 Å². The Kier molecular flexibility index (Phi) is 3.99. The molecule has 1 aromatic heterocycles. The molecule has 0 amide bonds. The largest absolute Gasteiger partial charge is 0.289 e. The van der Waals surface area contributed by atoms with E-state index >= 15 is 0 Å². The van der Waals surface area contributed by atoms with Crippen molar-refractivity contribution in [3.63, 3.8) is 0 Å². The number of carbonyl (C=O) groups is 1. The number of hydrogen-bond acceptors (Lipinski definition) is 3. The van der Waals surface area contributed by atoms with E-state index in [0.717, 1.165) is 5.56 Å². The third-order valence-corrected chi connectivity index (χ3v) is 3.28. The van der Waals surface area contributed by atoms with Crippen molar-refractivity contribution in [2.45, 2.75) is 4.90 Å². The van der Waals surface area contributed by atoms with Crippen LogP contribution in [-0.2, 0) is 7.05 Å². The molecule has 4 heteroatoms. The summed E-state index contributed by atoms with van der Waals surface area (Å²) in [7, 11) is 1.79. The van der Waals surface area contributed by atoms with Gasteiger partial charge in [0, 0.05) is 18.1 Å². The van der Waals surface area contributed by atoms with Crippen LogP contribution in [0.15, 0.2) is 47.6 Å². The van der Waals surface area contributed by atoms with Crippen molar-refractivity contribution in [1.82, 2.24) is 9.78 Å². The number of aromatic nitrogens is 2. The fourth-order valence-corrected chi connectivity index (χ4v) is 1.94. The summed E-state index contributed by atoms with van der Waals surface area (Å²) in [5, 5.41) is 3.97. The van der Waals surface area contributed by atoms with Gasteiger partial charge in [0.25, 0.3) is 0 Å². The van der Waals surface area contributed by atoms with Gasteiger partial charge in [-0.3, -0.25) is 9.48 Å². The topological polar surface area (TPSA) is 34.9 Å². The van der Waals surface area contributed by atoms with Crippen molar-refractivity contribution in [2.75, 3.05) is 6.26 Å². The number of carbonyl (C=O) groups excluding carboxylic acids is 1. The number of allylic oxidation sites excluding steroid dienone is 1. The normalized spacial score (nSPS) is 11.0. The quantitative estimate of drug-likeness (QED) is 0.480. The van der Waals surface area contributed by atoms with Crippen molar-refractivity contribution in [2.24, 2.45) is 7.05 Å². The molecule has 0 aliphatic heterocycles. The summed E-state index contributed by atoms with van der Waals surface area (Å²) in [5.41, 5.74) is 1.62. The van der Waals surface area contributed by atoms with Gasteiger partial charge in [0.15, 0.2) is 5.78 Å². The highest BCUT2D eigenvalue weighted by Crippen LogP contribution is 2.15. The van der Waals surface area contributed by atoms with Crippen LogP contribution in [0, 0.1) is 0 Å². The molecule has 0 radical (unpaired) electrons. The SMILES string of the molecule is CSc1ccc(/C=C/C(=O)c2cnn(C)c2)cc1. The summed E-state index contributed by atoms with van der Waals surface area (Å²) in [5.74, 6) is -0.0305. The molecule has 0 bridgehead atoms. The van der Waals surface area contributed by atoms with Crippen LogP contribution in [0.5, 0.6) is 0 Å². The van der Waals surface area contributed by atoms with E-state index in [2.05, 4.69) is 5.10 Å². The second kappa shape index (κ2) is 5.69. The fourth-order valence-electron chi connectivity index (χ4n) is 1.53. The van der Waals surface area contributed by atoms with Crippen molar-refractivity contribution < 1.29 is 4.79 Å². The number of ketones is 1. The summed E-state index contributed by atoms with van der Waals surface area (Å²) in [6.07, 6.45) is 8.72. The summed E-state index contributed by atoms with van der Waals surface area (Å²) in [6.45, 7) is 0.